The summed E-state index contributed by atoms with van der Waals surface area (Å²) in [7, 11) is 0. The molecule has 0 N–H and O–H groups in total. The second-order valence-electron chi connectivity index (χ2n) is 7.34. The number of halogens is 3. The van der Waals surface area contributed by atoms with Crippen LogP contribution in [0.15, 0.2) is 54.9 Å². The van der Waals surface area contributed by atoms with Crippen molar-refractivity contribution in [3.8, 4) is 22.6 Å². The predicted molar refractivity (Wildman–Crippen MR) is 106 cm³/mol. The van der Waals surface area contributed by atoms with Gasteiger partial charge < -0.3 is 15.2 Å². The molecule has 163 valence electrons. The van der Waals surface area contributed by atoms with Crippen LogP contribution in [0.2, 0.25) is 0 Å². The number of pyridine rings is 3. The minimum atomic E-state index is -0.899. The monoisotopic (exact) mass is 602 g/mol. The van der Waals surface area contributed by atoms with Crippen LogP contribution < -0.4 is 5.10 Å². The Morgan fingerprint density at radius 2 is 1.65 bits per heavy atom. The van der Waals surface area contributed by atoms with Gasteiger partial charge in [0.2, 0.25) is 0 Å². The Labute approximate surface area is 191 Å². The van der Waals surface area contributed by atoms with Gasteiger partial charge in [-0.2, -0.15) is 4.39 Å². The summed E-state index contributed by atoms with van der Waals surface area (Å²) < 4.78 is 38.3. The Balaban J connectivity index is 0.000000215. The second kappa shape index (κ2) is 10.4. The molecule has 4 aromatic rings. The molecule has 0 aliphatic heterocycles. The molecule has 0 fully saturated rings. The second-order valence-corrected chi connectivity index (χ2v) is 7.34. The minimum absolute atomic E-state index is 0. The van der Waals surface area contributed by atoms with Crippen LogP contribution in [-0.4, -0.2) is 20.1 Å². The van der Waals surface area contributed by atoms with Crippen molar-refractivity contribution in [1.29, 1.82) is 0 Å². The van der Waals surface area contributed by atoms with Crippen molar-refractivity contribution in [2.75, 3.05) is 0 Å². The Bertz CT molecular complexity index is 1130. The number of hydrogen-bond acceptors (Lipinski definition) is 4. The van der Waals surface area contributed by atoms with Crippen LogP contribution in [0.25, 0.3) is 22.6 Å². The number of aromatic nitrogens is 5. The van der Waals surface area contributed by atoms with Crippen molar-refractivity contribution in [3.05, 3.63) is 84.3 Å². The van der Waals surface area contributed by atoms with E-state index in [0.29, 0.717) is 17.1 Å². The third kappa shape index (κ3) is 6.54. The number of nitrogens with zero attached hydrogens (tertiary/aromatic N) is 5. The van der Waals surface area contributed by atoms with Gasteiger partial charge >= 0.3 is 0 Å². The molecule has 0 spiro atoms. The summed E-state index contributed by atoms with van der Waals surface area (Å²) in [5.74, 6) is -2.36. The molecule has 0 aliphatic rings. The van der Waals surface area contributed by atoms with Gasteiger partial charge in [0.25, 0.3) is 0 Å². The van der Waals surface area contributed by atoms with Crippen molar-refractivity contribution < 1.29 is 33.3 Å². The molecule has 4 rings (SSSR count). The molecule has 9 heteroatoms. The van der Waals surface area contributed by atoms with E-state index in [9.17, 15) is 13.2 Å². The molecule has 0 aromatic carbocycles. The molecule has 31 heavy (non-hydrogen) atoms. The number of hydrogen-bond donors (Lipinski definition) is 0. The zero-order chi connectivity index (χ0) is 21.7. The summed E-state index contributed by atoms with van der Waals surface area (Å²) >= 11 is 0. The summed E-state index contributed by atoms with van der Waals surface area (Å²) in [5, 5.41) is 7.05. The quantitative estimate of drug-likeness (QED) is 0.245. The summed E-state index contributed by atoms with van der Waals surface area (Å²) in [6, 6.07) is 13.6. The van der Waals surface area contributed by atoms with Crippen LogP contribution in [0.3, 0.4) is 0 Å². The van der Waals surface area contributed by atoms with E-state index in [1.54, 1.807) is 24.4 Å². The molecule has 0 unspecified atom stereocenters. The third-order valence-electron chi connectivity index (χ3n) is 4.07. The van der Waals surface area contributed by atoms with Crippen molar-refractivity contribution in [2.45, 2.75) is 26.2 Å². The minimum Gasteiger partial charge on any atom is -0.571 e. The largest absolute Gasteiger partial charge is 0.571 e. The van der Waals surface area contributed by atoms with Gasteiger partial charge in [-0.05, 0) is 40.9 Å². The van der Waals surface area contributed by atoms with E-state index in [1.165, 1.54) is 12.3 Å². The van der Waals surface area contributed by atoms with Gasteiger partial charge in [0, 0.05) is 38.2 Å². The average Bonchev–Trinajstić information content (AvgIpc) is 3.15. The average molecular weight is 602 g/mol. The summed E-state index contributed by atoms with van der Waals surface area (Å²) in [6.07, 6.45) is 3.23. The molecule has 5 nitrogen and oxygen atoms in total. The van der Waals surface area contributed by atoms with Crippen LogP contribution in [-0.2, 0) is 25.5 Å². The molecule has 4 aromatic heterocycles. The fourth-order valence-corrected chi connectivity index (χ4v) is 2.50. The van der Waals surface area contributed by atoms with Crippen molar-refractivity contribution in [3.63, 3.8) is 0 Å². The molecule has 4 heterocycles. The van der Waals surface area contributed by atoms with E-state index in [-0.39, 0.29) is 31.1 Å². The van der Waals surface area contributed by atoms with E-state index in [2.05, 4.69) is 52.0 Å². The zero-order valence-corrected chi connectivity index (χ0v) is 19.3. The van der Waals surface area contributed by atoms with E-state index in [1.807, 2.05) is 12.1 Å². The first-order valence-corrected chi connectivity index (χ1v) is 9.02. The van der Waals surface area contributed by atoms with Gasteiger partial charge in [-0.25, -0.2) is 8.78 Å². The van der Waals surface area contributed by atoms with Gasteiger partial charge in [-0.3, -0.25) is 9.97 Å². The van der Waals surface area contributed by atoms with Crippen LogP contribution >= 0.6 is 0 Å². The van der Waals surface area contributed by atoms with E-state index in [0.717, 1.165) is 11.6 Å². The Kier molecular flexibility index (Phi) is 8.19. The first kappa shape index (κ1) is 24.4. The van der Waals surface area contributed by atoms with Gasteiger partial charge in [-0.1, -0.05) is 50.2 Å². The van der Waals surface area contributed by atoms with Gasteiger partial charge in [0.15, 0.2) is 5.95 Å². The molecule has 1 radical (unpaired) electrons. The summed E-state index contributed by atoms with van der Waals surface area (Å²) in [5.41, 5.74) is 2.77. The van der Waals surface area contributed by atoms with Gasteiger partial charge in [0.1, 0.15) is 11.9 Å². The van der Waals surface area contributed by atoms with E-state index in [4.69, 9.17) is 0 Å². The maximum Gasteiger partial charge on any atom is 0.193 e. The summed E-state index contributed by atoms with van der Waals surface area (Å²) in [4.78, 5) is 11.1. The molecular weight excluding hydrogens is 583 g/mol. The third-order valence-corrected chi connectivity index (χ3v) is 4.07. The smallest absolute Gasteiger partial charge is 0.193 e. The molecule has 0 bridgehead atoms. The standard InChI is InChI=1S/C12H13FN3.C10H5F2N2.Ir/c1-12(2,3)8-4-5-14-9(6-8)10-7-11(13)16-15-10;11-9-5-4-7(10(12)14-9)8-3-1-2-6-13-8;/h4-7H,1-3H3;1-3,5-6H;/q2*-1;. The van der Waals surface area contributed by atoms with E-state index >= 15 is 0 Å². The fraction of sp³-hybridized carbons (Fsp3) is 0.182. The van der Waals surface area contributed by atoms with Crippen LogP contribution in [0.4, 0.5) is 13.2 Å². The molecule has 0 saturated carbocycles. The molecule has 0 saturated heterocycles. The molecular formula is C22H18F3IrN5-2. The molecule has 0 aliphatic carbocycles. The van der Waals surface area contributed by atoms with Crippen LogP contribution in [0.1, 0.15) is 26.3 Å². The first-order valence-electron chi connectivity index (χ1n) is 9.02. The van der Waals surface area contributed by atoms with E-state index < -0.39 is 17.8 Å². The zero-order valence-electron chi connectivity index (χ0n) is 16.9. The Hall–Kier alpha value is -2.90. The Morgan fingerprint density at radius 1 is 0.903 bits per heavy atom. The van der Waals surface area contributed by atoms with Gasteiger partial charge in [-0.15, -0.1) is 6.07 Å². The van der Waals surface area contributed by atoms with Gasteiger partial charge in [0.05, 0.1) is 0 Å². The van der Waals surface area contributed by atoms with Crippen molar-refractivity contribution in [1.82, 2.24) is 25.1 Å². The predicted octanol–water partition coefficient (Wildman–Crippen LogP) is 4.76. The molecule has 0 atom stereocenters. The van der Waals surface area contributed by atoms with Crippen LogP contribution in [0.5, 0.6) is 0 Å². The topological polar surface area (TPSA) is 65.7 Å². The van der Waals surface area contributed by atoms with Crippen molar-refractivity contribution in [2.24, 2.45) is 0 Å². The maximum atomic E-state index is 13.1. The number of rotatable bonds is 2. The van der Waals surface area contributed by atoms with Crippen LogP contribution in [0, 0.1) is 23.9 Å². The Morgan fingerprint density at radius 3 is 2.23 bits per heavy atom. The summed E-state index contributed by atoms with van der Waals surface area (Å²) in [6.45, 7) is 6.34. The first-order chi connectivity index (χ1) is 14.2. The van der Waals surface area contributed by atoms with Crippen molar-refractivity contribution >= 4 is 0 Å². The fourth-order valence-electron chi connectivity index (χ4n) is 2.50. The normalized spacial score (nSPS) is 10.6. The molecule has 0 amide bonds. The maximum absolute atomic E-state index is 13.1. The SMILES string of the molecule is CC(C)(C)c1ccnc(-c2cc(F)n[n-]2)c1.Fc1c[c-]c(-c2ccccn2)c(F)n1.[Ir].